The Bertz CT molecular complexity index is 594. The third-order valence-corrected chi connectivity index (χ3v) is 4.11. The summed E-state index contributed by atoms with van der Waals surface area (Å²) in [5.41, 5.74) is 3.87. The molecule has 2 heterocycles. The van der Waals surface area contributed by atoms with Crippen LogP contribution in [-0.4, -0.2) is 28.0 Å². The van der Waals surface area contributed by atoms with Crippen LogP contribution in [0, 0.1) is 13.8 Å². The Morgan fingerprint density at radius 3 is 2.85 bits per heavy atom. The van der Waals surface area contributed by atoms with E-state index in [1.807, 2.05) is 19.2 Å². The molecule has 1 aliphatic heterocycles. The molecule has 1 aromatic heterocycles. The van der Waals surface area contributed by atoms with E-state index in [2.05, 4.69) is 46.1 Å². The third kappa shape index (κ3) is 2.88. The zero-order valence-electron chi connectivity index (χ0n) is 12.2. The van der Waals surface area contributed by atoms with Gasteiger partial charge in [0.25, 0.3) is 0 Å². The van der Waals surface area contributed by atoms with Gasteiger partial charge in [-0.2, -0.15) is 0 Å². The monoisotopic (exact) mass is 267 g/mol. The lowest BCUT2D eigenvalue weighted by molar-refractivity contribution is 0.325. The maximum atomic E-state index is 4.58. The van der Waals surface area contributed by atoms with E-state index >= 15 is 0 Å². The van der Waals surface area contributed by atoms with Gasteiger partial charge in [0, 0.05) is 30.9 Å². The summed E-state index contributed by atoms with van der Waals surface area (Å²) in [6, 6.07) is 10.6. The predicted octanol–water partition coefficient (Wildman–Crippen LogP) is 3.08. The van der Waals surface area contributed by atoms with Gasteiger partial charge in [-0.25, -0.2) is 9.97 Å². The molecule has 0 amide bonds. The summed E-state index contributed by atoms with van der Waals surface area (Å²) in [4.78, 5) is 11.5. The van der Waals surface area contributed by atoms with Gasteiger partial charge in [0.15, 0.2) is 0 Å². The molecule has 20 heavy (non-hydrogen) atoms. The summed E-state index contributed by atoms with van der Waals surface area (Å²) in [5, 5.41) is 0. The molecule has 3 rings (SSSR count). The highest BCUT2D eigenvalue weighted by atomic mass is 15.1. The zero-order valence-corrected chi connectivity index (χ0v) is 12.2. The molecule has 3 nitrogen and oxygen atoms in total. The van der Waals surface area contributed by atoms with Crippen molar-refractivity contribution >= 4 is 0 Å². The van der Waals surface area contributed by atoms with Crippen molar-refractivity contribution in [1.29, 1.82) is 0 Å². The van der Waals surface area contributed by atoms with Crippen molar-refractivity contribution < 1.29 is 0 Å². The fourth-order valence-corrected chi connectivity index (χ4v) is 2.88. The maximum Gasteiger partial charge on any atom is 0.132 e. The zero-order chi connectivity index (χ0) is 13.9. The van der Waals surface area contributed by atoms with Gasteiger partial charge in [-0.15, -0.1) is 0 Å². The van der Waals surface area contributed by atoms with Gasteiger partial charge in [-0.05, 0) is 44.0 Å². The topological polar surface area (TPSA) is 29.0 Å². The van der Waals surface area contributed by atoms with E-state index in [1.54, 1.807) is 0 Å². The summed E-state index contributed by atoms with van der Waals surface area (Å²) in [7, 11) is 0. The smallest absolute Gasteiger partial charge is 0.132 e. The Hall–Kier alpha value is -1.74. The number of hydrogen-bond donors (Lipinski definition) is 0. The van der Waals surface area contributed by atoms with Gasteiger partial charge >= 0.3 is 0 Å². The summed E-state index contributed by atoms with van der Waals surface area (Å²) in [5.74, 6) is 1.50. The standard InChI is InChI=1S/C17H21N3/c1-13-5-3-4-6-15(13)11-20-10-8-16(12-20)17-18-9-7-14(2)19-17/h3-7,9,16H,8,10-12H2,1-2H3. The molecule has 0 saturated carbocycles. The fourth-order valence-electron chi connectivity index (χ4n) is 2.88. The van der Waals surface area contributed by atoms with Crippen LogP contribution in [0.4, 0.5) is 0 Å². The molecule has 1 saturated heterocycles. The van der Waals surface area contributed by atoms with Gasteiger partial charge in [-0.3, -0.25) is 4.90 Å². The van der Waals surface area contributed by atoms with Gasteiger partial charge < -0.3 is 0 Å². The van der Waals surface area contributed by atoms with Crippen molar-refractivity contribution in [3.63, 3.8) is 0 Å². The van der Waals surface area contributed by atoms with Gasteiger partial charge in [0.1, 0.15) is 5.82 Å². The minimum atomic E-state index is 0.485. The highest BCUT2D eigenvalue weighted by molar-refractivity contribution is 5.25. The number of aromatic nitrogens is 2. The number of aryl methyl sites for hydroxylation is 2. The van der Waals surface area contributed by atoms with Crippen molar-refractivity contribution in [2.75, 3.05) is 13.1 Å². The Morgan fingerprint density at radius 2 is 2.05 bits per heavy atom. The summed E-state index contributed by atoms with van der Waals surface area (Å²) in [6.07, 6.45) is 3.04. The van der Waals surface area contributed by atoms with Gasteiger partial charge in [0.05, 0.1) is 0 Å². The van der Waals surface area contributed by atoms with E-state index < -0.39 is 0 Å². The van der Waals surface area contributed by atoms with E-state index in [-0.39, 0.29) is 0 Å². The van der Waals surface area contributed by atoms with Crippen LogP contribution >= 0.6 is 0 Å². The second kappa shape index (κ2) is 5.71. The summed E-state index contributed by atoms with van der Waals surface area (Å²) in [6.45, 7) is 7.46. The molecule has 1 unspecified atom stereocenters. The molecule has 104 valence electrons. The van der Waals surface area contributed by atoms with Crippen LogP contribution in [0.5, 0.6) is 0 Å². The van der Waals surface area contributed by atoms with Crippen LogP contribution in [0.25, 0.3) is 0 Å². The van der Waals surface area contributed by atoms with Gasteiger partial charge in [0.2, 0.25) is 0 Å². The molecule has 0 N–H and O–H groups in total. The molecule has 0 bridgehead atoms. The first-order chi connectivity index (χ1) is 9.72. The quantitative estimate of drug-likeness (QED) is 0.855. The van der Waals surface area contributed by atoms with Crippen LogP contribution in [0.3, 0.4) is 0 Å². The lowest BCUT2D eigenvalue weighted by Crippen LogP contribution is -2.20. The van der Waals surface area contributed by atoms with E-state index in [4.69, 9.17) is 0 Å². The van der Waals surface area contributed by atoms with Crippen LogP contribution < -0.4 is 0 Å². The largest absolute Gasteiger partial charge is 0.298 e. The first-order valence-electron chi connectivity index (χ1n) is 7.29. The molecule has 1 atom stereocenters. The van der Waals surface area contributed by atoms with Crippen molar-refractivity contribution in [2.45, 2.75) is 32.7 Å². The second-order valence-corrected chi connectivity index (χ2v) is 5.70. The first-order valence-corrected chi connectivity index (χ1v) is 7.29. The van der Waals surface area contributed by atoms with Crippen molar-refractivity contribution in [2.24, 2.45) is 0 Å². The van der Waals surface area contributed by atoms with Gasteiger partial charge in [-0.1, -0.05) is 24.3 Å². The van der Waals surface area contributed by atoms with Crippen LogP contribution in [0.15, 0.2) is 36.5 Å². The number of benzene rings is 1. The highest BCUT2D eigenvalue weighted by Crippen LogP contribution is 2.26. The normalized spacial score (nSPS) is 19.4. The molecule has 1 aliphatic rings. The molecule has 3 heteroatoms. The predicted molar refractivity (Wildman–Crippen MR) is 80.6 cm³/mol. The van der Waals surface area contributed by atoms with E-state index in [1.165, 1.54) is 11.1 Å². The summed E-state index contributed by atoms with van der Waals surface area (Å²) < 4.78 is 0. The van der Waals surface area contributed by atoms with Crippen molar-refractivity contribution in [3.8, 4) is 0 Å². The Kier molecular flexibility index (Phi) is 3.79. The number of nitrogens with zero attached hydrogens (tertiary/aromatic N) is 3. The Morgan fingerprint density at radius 1 is 1.20 bits per heavy atom. The molecule has 2 aromatic rings. The molecule has 0 spiro atoms. The van der Waals surface area contributed by atoms with E-state index in [0.29, 0.717) is 5.92 Å². The number of hydrogen-bond acceptors (Lipinski definition) is 3. The minimum Gasteiger partial charge on any atom is -0.298 e. The highest BCUT2D eigenvalue weighted by Gasteiger charge is 2.26. The van der Waals surface area contributed by atoms with E-state index in [0.717, 1.165) is 37.6 Å². The molecule has 0 aliphatic carbocycles. The molecular formula is C17H21N3. The average Bonchev–Trinajstić information content (AvgIpc) is 2.90. The maximum absolute atomic E-state index is 4.58. The molecular weight excluding hydrogens is 246 g/mol. The molecule has 1 fully saturated rings. The fraction of sp³-hybridized carbons (Fsp3) is 0.412. The summed E-state index contributed by atoms with van der Waals surface area (Å²) >= 11 is 0. The SMILES string of the molecule is Cc1ccnc(C2CCN(Cc3ccccc3C)C2)n1. The van der Waals surface area contributed by atoms with E-state index in [9.17, 15) is 0 Å². The van der Waals surface area contributed by atoms with Crippen molar-refractivity contribution in [3.05, 3.63) is 59.2 Å². The minimum absolute atomic E-state index is 0.485. The molecule has 0 radical (unpaired) electrons. The van der Waals surface area contributed by atoms with Crippen molar-refractivity contribution in [1.82, 2.24) is 14.9 Å². The average molecular weight is 267 g/mol. The Labute approximate surface area is 120 Å². The number of rotatable bonds is 3. The van der Waals surface area contributed by atoms with Crippen LogP contribution in [-0.2, 0) is 6.54 Å². The number of likely N-dealkylation sites (tertiary alicyclic amines) is 1. The lowest BCUT2D eigenvalue weighted by atomic mass is 10.1. The lowest BCUT2D eigenvalue weighted by Gasteiger charge is -2.17. The van der Waals surface area contributed by atoms with Crippen LogP contribution in [0.1, 0.15) is 35.0 Å². The Balaban J connectivity index is 1.67. The van der Waals surface area contributed by atoms with Crippen LogP contribution in [0.2, 0.25) is 0 Å². The first kappa shape index (κ1) is 13.3. The molecule has 1 aromatic carbocycles. The second-order valence-electron chi connectivity index (χ2n) is 5.70. The third-order valence-electron chi connectivity index (χ3n) is 4.11.